The van der Waals surface area contributed by atoms with E-state index in [0.29, 0.717) is 0 Å². The van der Waals surface area contributed by atoms with Crippen LogP contribution in [0.5, 0.6) is 0 Å². The Kier molecular flexibility index (Phi) is 3.09. The van der Waals surface area contributed by atoms with Gasteiger partial charge in [-0.15, -0.1) is 5.10 Å². The molecule has 104 valence electrons. The van der Waals surface area contributed by atoms with Crippen molar-refractivity contribution < 1.29 is 0 Å². The highest BCUT2D eigenvalue weighted by atomic mass is 32.1. The Balaban J connectivity index is 2.13. The summed E-state index contributed by atoms with van der Waals surface area (Å²) in [6, 6.07) is 6.36. The van der Waals surface area contributed by atoms with Crippen molar-refractivity contribution in [3.63, 3.8) is 0 Å². The van der Waals surface area contributed by atoms with Gasteiger partial charge in [-0.3, -0.25) is 0 Å². The van der Waals surface area contributed by atoms with Gasteiger partial charge in [0.1, 0.15) is 4.88 Å². The van der Waals surface area contributed by atoms with Crippen LogP contribution < -0.4 is 0 Å². The minimum Gasteiger partial charge on any atom is -0.337 e. The Morgan fingerprint density at radius 3 is 2.75 bits per heavy atom. The van der Waals surface area contributed by atoms with Crippen LogP contribution in [-0.4, -0.2) is 19.6 Å². The average Bonchev–Trinajstić information content (AvgIpc) is 3.03. The van der Waals surface area contributed by atoms with E-state index in [9.17, 15) is 0 Å². The predicted octanol–water partition coefficient (Wildman–Crippen LogP) is 3.94. The zero-order chi connectivity index (χ0) is 14.3. The number of benzene rings is 1. The first kappa shape index (κ1) is 13.2. The van der Waals surface area contributed by atoms with Gasteiger partial charge in [-0.1, -0.05) is 38.2 Å². The number of nitrogens with one attached hydrogen (secondary N) is 1. The molecule has 2 aromatic heterocycles. The second-order valence-electron chi connectivity index (χ2n) is 5.99. The molecular formula is C15H18N4S. The minimum absolute atomic E-state index is 0.0319. The highest BCUT2D eigenvalue weighted by molar-refractivity contribution is 7.09. The second kappa shape index (κ2) is 4.66. The van der Waals surface area contributed by atoms with Crippen molar-refractivity contribution in [1.29, 1.82) is 0 Å². The lowest BCUT2D eigenvalue weighted by atomic mass is 9.91. The Morgan fingerprint density at radius 1 is 1.25 bits per heavy atom. The number of H-pyrrole nitrogens is 1. The molecule has 20 heavy (non-hydrogen) atoms. The largest absolute Gasteiger partial charge is 0.337 e. The maximum absolute atomic E-state index is 4.68. The van der Waals surface area contributed by atoms with Crippen LogP contribution in [0.2, 0.25) is 0 Å². The third-order valence-electron chi connectivity index (χ3n) is 3.37. The molecule has 0 aliphatic carbocycles. The van der Waals surface area contributed by atoms with Crippen LogP contribution in [0.15, 0.2) is 18.2 Å². The minimum atomic E-state index is -0.0319. The normalized spacial score (nSPS) is 12.2. The van der Waals surface area contributed by atoms with E-state index in [4.69, 9.17) is 0 Å². The highest BCUT2D eigenvalue weighted by Crippen LogP contribution is 2.33. The molecule has 3 rings (SSSR count). The first-order chi connectivity index (χ1) is 9.49. The smallest absolute Gasteiger partial charge is 0.152 e. The highest BCUT2D eigenvalue weighted by Gasteiger charge is 2.24. The van der Waals surface area contributed by atoms with E-state index < -0.39 is 0 Å². The molecule has 3 aromatic rings. The Labute approximate surface area is 122 Å². The molecule has 0 fully saturated rings. The Morgan fingerprint density at radius 2 is 2.05 bits per heavy atom. The van der Waals surface area contributed by atoms with Crippen LogP contribution >= 0.6 is 11.5 Å². The summed E-state index contributed by atoms with van der Waals surface area (Å²) >= 11 is 1.40. The molecule has 0 radical (unpaired) electrons. The molecular weight excluding hydrogens is 268 g/mol. The summed E-state index contributed by atoms with van der Waals surface area (Å²) in [5.41, 5.74) is 4.34. The van der Waals surface area contributed by atoms with Gasteiger partial charge in [-0.25, -0.2) is 4.98 Å². The first-order valence-corrected chi connectivity index (χ1v) is 7.58. The molecule has 0 saturated carbocycles. The molecule has 0 unspecified atom stereocenters. The van der Waals surface area contributed by atoms with Crippen LogP contribution in [0.1, 0.15) is 39.0 Å². The van der Waals surface area contributed by atoms with E-state index in [1.165, 1.54) is 17.1 Å². The topological polar surface area (TPSA) is 54.5 Å². The lowest BCUT2D eigenvalue weighted by Crippen LogP contribution is -2.13. The summed E-state index contributed by atoms with van der Waals surface area (Å²) in [5.74, 6) is 0.869. The quantitative estimate of drug-likeness (QED) is 0.776. The van der Waals surface area contributed by atoms with Gasteiger partial charge in [-0.2, -0.15) is 0 Å². The maximum atomic E-state index is 4.68. The number of hydrogen-bond acceptors (Lipinski definition) is 4. The molecule has 0 amide bonds. The number of aryl methyl sites for hydroxylation is 1. The van der Waals surface area contributed by atoms with Crippen molar-refractivity contribution >= 4 is 22.6 Å². The van der Waals surface area contributed by atoms with Crippen molar-refractivity contribution in [1.82, 2.24) is 19.6 Å². The van der Waals surface area contributed by atoms with Crippen molar-refractivity contribution in [2.24, 2.45) is 0 Å². The molecule has 2 heterocycles. The predicted molar refractivity (Wildman–Crippen MR) is 83.1 cm³/mol. The van der Waals surface area contributed by atoms with Crippen LogP contribution in [0.4, 0.5) is 0 Å². The van der Waals surface area contributed by atoms with Crippen LogP contribution in [0, 0.1) is 0 Å². The molecule has 0 atom stereocenters. The third-order valence-corrected chi connectivity index (χ3v) is 4.10. The SMILES string of the molecule is CCc1ccc2nc(-c3snnc3C(C)(C)C)[nH]c2c1. The summed E-state index contributed by atoms with van der Waals surface area (Å²) in [7, 11) is 0. The first-order valence-electron chi connectivity index (χ1n) is 6.81. The zero-order valence-electron chi connectivity index (χ0n) is 12.2. The Hall–Kier alpha value is -1.75. The number of fused-ring (bicyclic) bond motifs is 1. The Bertz CT molecular complexity index is 749. The lowest BCUT2D eigenvalue weighted by Gasteiger charge is -2.15. The fraction of sp³-hybridized carbons (Fsp3) is 0.400. The summed E-state index contributed by atoms with van der Waals surface area (Å²) in [6.07, 6.45) is 1.03. The van der Waals surface area contributed by atoms with Crippen molar-refractivity contribution in [3.8, 4) is 10.7 Å². The van der Waals surface area contributed by atoms with Gasteiger partial charge < -0.3 is 4.98 Å². The molecule has 1 aromatic carbocycles. The summed E-state index contributed by atoms with van der Waals surface area (Å²) < 4.78 is 4.10. The fourth-order valence-electron chi connectivity index (χ4n) is 2.22. The van der Waals surface area contributed by atoms with Crippen LogP contribution in [0.25, 0.3) is 21.7 Å². The van der Waals surface area contributed by atoms with Crippen molar-refractivity contribution in [2.75, 3.05) is 0 Å². The van der Waals surface area contributed by atoms with E-state index >= 15 is 0 Å². The summed E-state index contributed by atoms with van der Waals surface area (Å²) in [6.45, 7) is 8.59. The summed E-state index contributed by atoms with van der Waals surface area (Å²) in [5, 5.41) is 4.28. The standard InChI is InChI=1S/C15H18N4S/c1-5-9-6-7-10-11(8-9)17-14(16-10)12-13(15(2,3)4)18-19-20-12/h6-8H,5H2,1-4H3,(H,16,17). The number of hydrogen-bond donors (Lipinski definition) is 1. The second-order valence-corrected chi connectivity index (χ2v) is 6.75. The molecule has 1 N–H and O–H groups in total. The van der Waals surface area contributed by atoms with Gasteiger partial charge in [0.2, 0.25) is 0 Å². The zero-order valence-corrected chi connectivity index (χ0v) is 13.0. The molecule has 5 heteroatoms. The summed E-state index contributed by atoms with van der Waals surface area (Å²) in [4.78, 5) is 9.12. The molecule has 4 nitrogen and oxygen atoms in total. The maximum Gasteiger partial charge on any atom is 0.152 e. The van der Waals surface area contributed by atoms with Crippen molar-refractivity contribution in [3.05, 3.63) is 29.5 Å². The molecule has 0 aliphatic rings. The van der Waals surface area contributed by atoms with E-state index in [2.05, 4.69) is 65.4 Å². The van der Waals surface area contributed by atoms with Gasteiger partial charge in [0.25, 0.3) is 0 Å². The average molecular weight is 286 g/mol. The van der Waals surface area contributed by atoms with Gasteiger partial charge in [0, 0.05) is 5.41 Å². The van der Waals surface area contributed by atoms with Crippen LogP contribution in [-0.2, 0) is 11.8 Å². The lowest BCUT2D eigenvalue weighted by molar-refractivity contribution is 0.568. The van der Waals surface area contributed by atoms with Gasteiger partial charge in [-0.05, 0) is 35.6 Å². The van der Waals surface area contributed by atoms with Gasteiger partial charge in [0.15, 0.2) is 5.82 Å². The fourth-order valence-corrected chi connectivity index (χ4v) is 3.04. The van der Waals surface area contributed by atoms with E-state index in [-0.39, 0.29) is 5.41 Å². The molecule has 0 saturated heterocycles. The van der Waals surface area contributed by atoms with Crippen molar-refractivity contribution in [2.45, 2.75) is 39.5 Å². The molecule has 0 aliphatic heterocycles. The van der Waals surface area contributed by atoms with Crippen LogP contribution in [0.3, 0.4) is 0 Å². The third kappa shape index (κ3) is 2.22. The van der Waals surface area contributed by atoms with E-state index in [1.807, 2.05) is 0 Å². The van der Waals surface area contributed by atoms with Gasteiger partial charge in [0.05, 0.1) is 16.7 Å². The number of aromatic nitrogens is 4. The van der Waals surface area contributed by atoms with Gasteiger partial charge >= 0.3 is 0 Å². The number of rotatable bonds is 2. The number of aromatic amines is 1. The van der Waals surface area contributed by atoms with E-state index in [0.717, 1.165) is 33.8 Å². The van der Waals surface area contributed by atoms with E-state index in [1.54, 1.807) is 0 Å². The monoisotopic (exact) mass is 286 g/mol. The molecule has 0 spiro atoms. The number of imidazole rings is 1. The molecule has 0 bridgehead atoms. The number of nitrogens with zero attached hydrogens (tertiary/aromatic N) is 3.